The standard InChI is InChI=1S/C13H22N2O2/c1-4-7-14-13(17)10(2)15-8-5-12(6-9-15)11(3)16/h1,10-12,16H,5-9H2,2-3H3,(H,14,17). The average Bonchev–Trinajstić information content (AvgIpc) is 2.35. The molecule has 2 N–H and O–H groups in total. The summed E-state index contributed by atoms with van der Waals surface area (Å²) in [6.07, 6.45) is 6.75. The van der Waals surface area contributed by atoms with Crippen LogP contribution < -0.4 is 5.32 Å². The van der Waals surface area contributed by atoms with Gasteiger partial charge in [0.2, 0.25) is 5.91 Å². The Morgan fingerprint density at radius 1 is 1.53 bits per heavy atom. The molecule has 0 aromatic carbocycles. The number of hydrogen-bond donors (Lipinski definition) is 2. The van der Waals surface area contributed by atoms with E-state index in [9.17, 15) is 9.90 Å². The van der Waals surface area contributed by atoms with Gasteiger partial charge in [0, 0.05) is 0 Å². The number of likely N-dealkylation sites (tertiary alicyclic amines) is 1. The van der Waals surface area contributed by atoms with E-state index in [1.54, 1.807) is 0 Å². The number of nitrogens with one attached hydrogen (secondary N) is 1. The SMILES string of the molecule is C#CCNC(=O)C(C)N1CCC(C(C)O)CC1. The fraction of sp³-hybridized carbons (Fsp3) is 0.769. The normalized spacial score (nSPS) is 21.5. The van der Waals surface area contributed by atoms with Crippen molar-refractivity contribution in [3.8, 4) is 12.3 Å². The molecule has 2 unspecified atom stereocenters. The van der Waals surface area contributed by atoms with Crippen LogP contribution in [0.4, 0.5) is 0 Å². The van der Waals surface area contributed by atoms with E-state index < -0.39 is 0 Å². The van der Waals surface area contributed by atoms with Crippen molar-refractivity contribution in [1.82, 2.24) is 10.2 Å². The van der Waals surface area contributed by atoms with Crippen molar-refractivity contribution in [2.45, 2.75) is 38.8 Å². The Morgan fingerprint density at radius 2 is 2.12 bits per heavy atom. The fourth-order valence-electron chi connectivity index (χ4n) is 2.24. The first-order valence-electron chi connectivity index (χ1n) is 6.19. The summed E-state index contributed by atoms with van der Waals surface area (Å²) in [4.78, 5) is 13.9. The molecule has 17 heavy (non-hydrogen) atoms. The smallest absolute Gasteiger partial charge is 0.237 e. The van der Waals surface area contributed by atoms with Gasteiger partial charge in [-0.05, 0) is 45.7 Å². The summed E-state index contributed by atoms with van der Waals surface area (Å²) in [5, 5.41) is 12.2. The summed E-state index contributed by atoms with van der Waals surface area (Å²) in [7, 11) is 0. The molecule has 1 rings (SSSR count). The van der Waals surface area contributed by atoms with E-state index in [4.69, 9.17) is 6.42 Å². The van der Waals surface area contributed by atoms with Crippen LogP contribution >= 0.6 is 0 Å². The second-order valence-electron chi connectivity index (χ2n) is 4.71. The van der Waals surface area contributed by atoms with E-state index in [0.29, 0.717) is 5.92 Å². The second-order valence-corrected chi connectivity index (χ2v) is 4.71. The van der Waals surface area contributed by atoms with Crippen LogP contribution in [0.2, 0.25) is 0 Å². The molecule has 0 saturated carbocycles. The summed E-state index contributed by atoms with van der Waals surface area (Å²) in [6, 6.07) is -0.140. The van der Waals surface area contributed by atoms with Gasteiger partial charge in [-0.3, -0.25) is 9.69 Å². The Balaban J connectivity index is 2.38. The molecule has 4 nitrogen and oxygen atoms in total. The maximum Gasteiger partial charge on any atom is 0.237 e. The molecule has 1 amide bonds. The molecule has 1 heterocycles. The molecule has 1 aliphatic heterocycles. The van der Waals surface area contributed by atoms with Gasteiger partial charge in [-0.25, -0.2) is 0 Å². The van der Waals surface area contributed by atoms with Crippen LogP contribution in [0, 0.1) is 18.3 Å². The lowest BCUT2D eigenvalue weighted by molar-refractivity contribution is -0.126. The molecule has 4 heteroatoms. The molecular formula is C13H22N2O2. The minimum Gasteiger partial charge on any atom is -0.393 e. The Hall–Kier alpha value is -1.05. The number of carbonyl (C=O) groups is 1. The van der Waals surface area contributed by atoms with Crippen LogP contribution in [0.1, 0.15) is 26.7 Å². The number of piperidine rings is 1. The number of rotatable bonds is 4. The number of amides is 1. The third-order valence-electron chi connectivity index (χ3n) is 3.55. The predicted molar refractivity (Wildman–Crippen MR) is 67.3 cm³/mol. The highest BCUT2D eigenvalue weighted by atomic mass is 16.3. The van der Waals surface area contributed by atoms with Crippen LogP contribution in [0.15, 0.2) is 0 Å². The van der Waals surface area contributed by atoms with E-state index >= 15 is 0 Å². The van der Waals surface area contributed by atoms with Crippen molar-refractivity contribution in [3.05, 3.63) is 0 Å². The predicted octanol–water partition coefficient (Wildman–Crippen LogP) is 0.217. The van der Waals surface area contributed by atoms with Crippen molar-refractivity contribution in [2.24, 2.45) is 5.92 Å². The Bertz CT molecular complexity index is 288. The molecule has 2 atom stereocenters. The largest absolute Gasteiger partial charge is 0.393 e. The molecule has 0 aromatic rings. The lowest BCUT2D eigenvalue weighted by atomic mass is 9.91. The molecule has 96 valence electrons. The zero-order valence-corrected chi connectivity index (χ0v) is 10.6. The van der Waals surface area contributed by atoms with E-state index in [2.05, 4.69) is 16.1 Å². The highest BCUT2D eigenvalue weighted by Gasteiger charge is 2.27. The van der Waals surface area contributed by atoms with Crippen molar-refractivity contribution in [1.29, 1.82) is 0 Å². The fourth-order valence-corrected chi connectivity index (χ4v) is 2.24. The summed E-state index contributed by atoms with van der Waals surface area (Å²) < 4.78 is 0. The first-order chi connectivity index (χ1) is 8.06. The summed E-state index contributed by atoms with van der Waals surface area (Å²) in [6.45, 7) is 5.74. The molecule has 0 bridgehead atoms. The number of hydrogen-bond acceptors (Lipinski definition) is 3. The van der Waals surface area contributed by atoms with Crippen LogP contribution in [0.3, 0.4) is 0 Å². The third-order valence-corrected chi connectivity index (χ3v) is 3.55. The minimum atomic E-state index is -0.247. The van der Waals surface area contributed by atoms with Gasteiger partial charge in [-0.1, -0.05) is 5.92 Å². The van der Waals surface area contributed by atoms with Gasteiger partial charge in [0.1, 0.15) is 0 Å². The Kier molecular flexibility index (Phi) is 5.46. The zero-order valence-electron chi connectivity index (χ0n) is 10.6. The van der Waals surface area contributed by atoms with E-state index in [1.165, 1.54) is 0 Å². The monoisotopic (exact) mass is 238 g/mol. The van der Waals surface area contributed by atoms with Gasteiger partial charge in [-0.15, -0.1) is 6.42 Å². The van der Waals surface area contributed by atoms with Gasteiger partial charge in [-0.2, -0.15) is 0 Å². The second kappa shape index (κ2) is 6.63. The first kappa shape index (κ1) is 14.0. The third kappa shape index (κ3) is 4.03. The molecule has 1 saturated heterocycles. The van der Waals surface area contributed by atoms with Gasteiger partial charge >= 0.3 is 0 Å². The molecule has 1 fully saturated rings. The van der Waals surface area contributed by atoms with Crippen LogP contribution in [0.25, 0.3) is 0 Å². The van der Waals surface area contributed by atoms with Crippen LogP contribution in [-0.4, -0.2) is 47.7 Å². The molecule has 1 aliphatic rings. The number of carbonyl (C=O) groups excluding carboxylic acids is 1. The first-order valence-corrected chi connectivity index (χ1v) is 6.19. The van der Waals surface area contributed by atoms with Crippen molar-refractivity contribution in [2.75, 3.05) is 19.6 Å². The van der Waals surface area contributed by atoms with Crippen molar-refractivity contribution in [3.63, 3.8) is 0 Å². The van der Waals surface area contributed by atoms with Gasteiger partial charge < -0.3 is 10.4 Å². The van der Waals surface area contributed by atoms with Crippen LogP contribution in [-0.2, 0) is 4.79 Å². The summed E-state index contributed by atoms with van der Waals surface area (Å²) in [5.74, 6) is 2.75. The zero-order chi connectivity index (χ0) is 12.8. The van der Waals surface area contributed by atoms with Gasteiger partial charge in [0.15, 0.2) is 0 Å². The van der Waals surface area contributed by atoms with Gasteiger partial charge in [0.25, 0.3) is 0 Å². The maximum absolute atomic E-state index is 11.7. The summed E-state index contributed by atoms with van der Waals surface area (Å²) >= 11 is 0. The molecular weight excluding hydrogens is 216 g/mol. The average molecular weight is 238 g/mol. The lowest BCUT2D eigenvalue weighted by Crippen LogP contribution is -2.49. The quantitative estimate of drug-likeness (QED) is 0.689. The number of terminal acetylenes is 1. The van der Waals surface area contributed by atoms with E-state index in [-0.39, 0.29) is 24.6 Å². The maximum atomic E-state index is 11.7. The molecule has 0 aliphatic carbocycles. The molecule has 0 radical (unpaired) electrons. The van der Waals surface area contributed by atoms with Crippen LogP contribution in [0.5, 0.6) is 0 Å². The number of aliphatic hydroxyl groups is 1. The Labute approximate surface area is 103 Å². The highest BCUT2D eigenvalue weighted by Crippen LogP contribution is 2.21. The number of aliphatic hydroxyl groups excluding tert-OH is 1. The van der Waals surface area contributed by atoms with E-state index in [1.807, 2.05) is 13.8 Å². The molecule has 0 aromatic heterocycles. The van der Waals surface area contributed by atoms with E-state index in [0.717, 1.165) is 25.9 Å². The topological polar surface area (TPSA) is 52.6 Å². The molecule has 0 spiro atoms. The van der Waals surface area contributed by atoms with Crippen molar-refractivity contribution >= 4 is 5.91 Å². The summed E-state index contributed by atoms with van der Waals surface area (Å²) in [5.41, 5.74) is 0. The highest BCUT2D eigenvalue weighted by molar-refractivity contribution is 5.81. The Morgan fingerprint density at radius 3 is 2.59 bits per heavy atom. The lowest BCUT2D eigenvalue weighted by Gasteiger charge is -2.36. The van der Waals surface area contributed by atoms with Gasteiger partial charge in [0.05, 0.1) is 18.7 Å². The van der Waals surface area contributed by atoms with Crippen molar-refractivity contribution < 1.29 is 9.90 Å². The minimum absolute atomic E-state index is 0.0153. The number of nitrogens with zero attached hydrogens (tertiary/aromatic N) is 1.